The van der Waals surface area contributed by atoms with E-state index in [9.17, 15) is 13.2 Å². The predicted molar refractivity (Wildman–Crippen MR) is 54.7 cm³/mol. The lowest BCUT2D eigenvalue weighted by Crippen LogP contribution is -2.52. The third-order valence-electron chi connectivity index (χ3n) is 3.44. The molecule has 0 aromatic heterocycles. The lowest BCUT2D eigenvalue weighted by molar-refractivity contribution is -0.164. The van der Waals surface area contributed by atoms with Crippen LogP contribution < -0.4 is 5.32 Å². The fourth-order valence-electron chi connectivity index (χ4n) is 2.45. The van der Waals surface area contributed by atoms with Crippen molar-refractivity contribution in [1.82, 2.24) is 5.32 Å². The molecule has 2 atom stereocenters. The fourth-order valence-corrected chi connectivity index (χ4v) is 2.45. The Labute approximate surface area is 89.4 Å². The Morgan fingerprint density at radius 3 is 2.27 bits per heavy atom. The molecule has 0 aromatic carbocycles. The quantitative estimate of drug-likeness (QED) is 0.772. The topological polar surface area (TPSA) is 12.0 Å². The summed E-state index contributed by atoms with van der Waals surface area (Å²) in [6.07, 6.45) is -0.348. The first-order valence-corrected chi connectivity index (χ1v) is 5.81. The minimum Gasteiger partial charge on any atom is -0.303 e. The molecule has 90 valence electrons. The highest BCUT2D eigenvalue weighted by atomic mass is 19.4. The summed E-state index contributed by atoms with van der Waals surface area (Å²) in [5, 5.41) is 2.77. The van der Waals surface area contributed by atoms with E-state index < -0.39 is 12.2 Å². The molecule has 0 radical (unpaired) electrons. The van der Waals surface area contributed by atoms with Crippen LogP contribution in [0.1, 0.15) is 46.0 Å². The molecule has 0 saturated carbocycles. The molecule has 0 amide bonds. The molecule has 1 N–H and O–H groups in total. The summed E-state index contributed by atoms with van der Waals surface area (Å²) in [6.45, 7) is 4.10. The molecule has 1 aliphatic heterocycles. The van der Waals surface area contributed by atoms with Gasteiger partial charge < -0.3 is 5.32 Å². The van der Waals surface area contributed by atoms with Crippen LogP contribution in [0.15, 0.2) is 0 Å². The van der Waals surface area contributed by atoms with Gasteiger partial charge in [0.1, 0.15) is 6.04 Å². The van der Waals surface area contributed by atoms with Crippen molar-refractivity contribution in [1.29, 1.82) is 0 Å². The zero-order valence-electron chi connectivity index (χ0n) is 9.40. The number of rotatable bonds is 3. The molecule has 1 rings (SSSR count). The summed E-state index contributed by atoms with van der Waals surface area (Å²) in [5.74, 6) is 0.384. The SMILES string of the molecule is CCC(CC)C1CCCC(C(F)(F)F)N1. The number of hydrogen-bond donors (Lipinski definition) is 1. The summed E-state index contributed by atoms with van der Waals surface area (Å²) in [4.78, 5) is 0. The lowest BCUT2D eigenvalue weighted by atomic mass is 9.86. The molecular formula is C11H20F3N. The highest BCUT2D eigenvalue weighted by Crippen LogP contribution is 2.31. The summed E-state index contributed by atoms with van der Waals surface area (Å²) < 4.78 is 37.6. The Morgan fingerprint density at radius 2 is 1.80 bits per heavy atom. The van der Waals surface area contributed by atoms with Gasteiger partial charge in [-0.2, -0.15) is 13.2 Å². The number of nitrogens with one attached hydrogen (secondary N) is 1. The second-order valence-corrected chi connectivity index (χ2v) is 4.37. The fraction of sp³-hybridized carbons (Fsp3) is 1.00. The molecule has 15 heavy (non-hydrogen) atoms. The molecule has 0 aliphatic carbocycles. The minimum atomic E-state index is -4.08. The van der Waals surface area contributed by atoms with Crippen molar-refractivity contribution in [3.63, 3.8) is 0 Å². The van der Waals surface area contributed by atoms with E-state index in [2.05, 4.69) is 5.32 Å². The van der Waals surface area contributed by atoms with E-state index in [1.807, 2.05) is 13.8 Å². The number of halogens is 3. The van der Waals surface area contributed by atoms with Crippen LogP contribution in [-0.2, 0) is 0 Å². The van der Waals surface area contributed by atoms with E-state index in [0.29, 0.717) is 12.3 Å². The Kier molecular flexibility index (Phi) is 4.44. The van der Waals surface area contributed by atoms with Crippen LogP contribution in [0.4, 0.5) is 13.2 Å². The van der Waals surface area contributed by atoms with Gasteiger partial charge in [-0.25, -0.2) is 0 Å². The summed E-state index contributed by atoms with van der Waals surface area (Å²) >= 11 is 0. The van der Waals surface area contributed by atoms with Gasteiger partial charge in [0.05, 0.1) is 0 Å². The Bertz CT molecular complexity index is 187. The summed E-state index contributed by atoms with van der Waals surface area (Å²) in [5.41, 5.74) is 0. The third kappa shape index (κ3) is 3.37. The van der Waals surface area contributed by atoms with Crippen LogP contribution in [0.5, 0.6) is 0 Å². The average Bonchev–Trinajstić information content (AvgIpc) is 2.19. The van der Waals surface area contributed by atoms with Gasteiger partial charge >= 0.3 is 6.18 Å². The molecule has 0 bridgehead atoms. The first-order valence-electron chi connectivity index (χ1n) is 5.81. The first kappa shape index (κ1) is 12.8. The number of hydrogen-bond acceptors (Lipinski definition) is 1. The van der Waals surface area contributed by atoms with Crippen molar-refractivity contribution in [2.24, 2.45) is 5.92 Å². The van der Waals surface area contributed by atoms with Crippen molar-refractivity contribution in [2.45, 2.75) is 64.2 Å². The maximum atomic E-state index is 12.5. The van der Waals surface area contributed by atoms with Gasteiger partial charge in [-0.3, -0.25) is 0 Å². The van der Waals surface area contributed by atoms with Crippen LogP contribution in [0, 0.1) is 5.92 Å². The standard InChI is InChI=1S/C11H20F3N/c1-3-8(4-2)9-6-5-7-10(15-9)11(12,13)14/h8-10,15H,3-7H2,1-2H3. The first-order chi connectivity index (χ1) is 6.99. The highest BCUT2D eigenvalue weighted by Gasteiger charge is 2.42. The lowest BCUT2D eigenvalue weighted by Gasteiger charge is -2.36. The largest absolute Gasteiger partial charge is 0.403 e. The van der Waals surface area contributed by atoms with Gasteiger partial charge in [-0.15, -0.1) is 0 Å². The predicted octanol–water partition coefficient (Wildman–Crippen LogP) is 3.50. The maximum absolute atomic E-state index is 12.5. The number of piperidine rings is 1. The van der Waals surface area contributed by atoms with Gasteiger partial charge in [0.25, 0.3) is 0 Å². The zero-order valence-corrected chi connectivity index (χ0v) is 9.40. The van der Waals surface area contributed by atoms with Crippen molar-refractivity contribution in [3.05, 3.63) is 0 Å². The van der Waals surface area contributed by atoms with E-state index in [1.165, 1.54) is 0 Å². The van der Waals surface area contributed by atoms with E-state index >= 15 is 0 Å². The Hall–Kier alpha value is -0.250. The third-order valence-corrected chi connectivity index (χ3v) is 3.44. The highest BCUT2D eigenvalue weighted by molar-refractivity contribution is 4.87. The van der Waals surface area contributed by atoms with Gasteiger partial charge in [0.2, 0.25) is 0 Å². The summed E-state index contributed by atoms with van der Waals surface area (Å²) in [7, 11) is 0. The molecule has 0 spiro atoms. The molecular weight excluding hydrogens is 203 g/mol. The van der Waals surface area contributed by atoms with E-state index in [1.54, 1.807) is 0 Å². The van der Waals surface area contributed by atoms with Gasteiger partial charge in [0, 0.05) is 6.04 Å². The monoisotopic (exact) mass is 223 g/mol. The Balaban J connectivity index is 2.55. The van der Waals surface area contributed by atoms with Gasteiger partial charge in [-0.1, -0.05) is 26.7 Å². The van der Waals surface area contributed by atoms with Crippen molar-refractivity contribution < 1.29 is 13.2 Å². The van der Waals surface area contributed by atoms with Crippen LogP contribution in [-0.4, -0.2) is 18.3 Å². The van der Waals surface area contributed by atoms with E-state index in [4.69, 9.17) is 0 Å². The van der Waals surface area contributed by atoms with Crippen LogP contribution in [0.3, 0.4) is 0 Å². The van der Waals surface area contributed by atoms with E-state index in [0.717, 1.165) is 19.3 Å². The molecule has 2 unspecified atom stereocenters. The molecule has 1 fully saturated rings. The molecule has 4 heteroatoms. The normalized spacial score (nSPS) is 28.4. The molecule has 0 aromatic rings. The summed E-state index contributed by atoms with van der Waals surface area (Å²) in [6, 6.07) is -1.22. The maximum Gasteiger partial charge on any atom is 0.403 e. The van der Waals surface area contributed by atoms with Crippen LogP contribution >= 0.6 is 0 Å². The Morgan fingerprint density at radius 1 is 1.20 bits per heavy atom. The van der Waals surface area contributed by atoms with Crippen LogP contribution in [0.2, 0.25) is 0 Å². The molecule has 1 aliphatic rings. The average molecular weight is 223 g/mol. The molecule has 1 saturated heterocycles. The second-order valence-electron chi connectivity index (χ2n) is 4.37. The smallest absolute Gasteiger partial charge is 0.303 e. The van der Waals surface area contributed by atoms with Crippen molar-refractivity contribution >= 4 is 0 Å². The minimum absolute atomic E-state index is 0.0559. The zero-order chi connectivity index (χ0) is 11.5. The van der Waals surface area contributed by atoms with E-state index in [-0.39, 0.29) is 12.5 Å². The van der Waals surface area contributed by atoms with Gasteiger partial charge in [0.15, 0.2) is 0 Å². The van der Waals surface area contributed by atoms with Crippen molar-refractivity contribution in [3.8, 4) is 0 Å². The second kappa shape index (κ2) is 5.19. The van der Waals surface area contributed by atoms with Gasteiger partial charge in [-0.05, 0) is 25.2 Å². The van der Waals surface area contributed by atoms with Crippen molar-refractivity contribution in [2.75, 3.05) is 0 Å². The van der Waals surface area contributed by atoms with Crippen LogP contribution in [0.25, 0.3) is 0 Å². The molecule has 1 heterocycles. The number of alkyl halides is 3. The molecule has 1 nitrogen and oxygen atoms in total.